The van der Waals surface area contributed by atoms with Crippen molar-refractivity contribution in [3.63, 3.8) is 0 Å². The minimum absolute atomic E-state index is 0.0261. The second-order valence-corrected chi connectivity index (χ2v) is 7.97. The van der Waals surface area contributed by atoms with Crippen LogP contribution in [0.2, 0.25) is 0 Å². The number of carboxylic acids is 1. The van der Waals surface area contributed by atoms with Crippen molar-refractivity contribution >= 4 is 46.3 Å². The van der Waals surface area contributed by atoms with Gasteiger partial charge in [-0.25, -0.2) is 0 Å². The van der Waals surface area contributed by atoms with E-state index >= 15 is 0 Å². The number of aliphatic carboxylic acids is 1. The average Bonchev–Trinajstić information content (AvgIpc) is 3.01. The highest BCUT2D eigenvalue weighted by molar-refractivity contribution is 8.26. The Labute approximate surface area is 156 Å². The van der Waals surface area contributed by atoms with Gasteiger partial charge in [-0.3, -0.25) is 14.5 Å². The van der Waals surface area contributed by atoms with Gasteiger partial charge in [-0.1, -0.05) is 24.0 Å². The van der Waals surface area contributed by atoms with E-state index in [9.17, 15) is 9.59 Å². The molecule has 132 valence electrons. The number of rotatable bonds is 5. The molecule has 0 spiro atoms. The molecular formula is C18H19NO4S2. The number of hydrogen-bond acceptors (Lipinski definition) is 5. The maximum Gasteiger partial charge on any atom is 0.303 e. The number of nitrogens with zero attached hydrogens (tertiary/aromatic N) is 1. The Kier molecular flexibility index (Phi) is 5.15. The third-order valence-electron chi connectivity index (χ3n) is 4.14. The molecule has 2 aliphatic rings. The number of carboxylic acid groups (broad SMARTS) is 1. The second-order valence-electron chi connectivity index (χ2n) is 6.29. The first-order valence-electron chi connectivity index (χ1n) is 8.12. The highest BCUT2D eigenvalue weighted by Crippen LogP contribution is 2.36. The lowest BCUT2D eigenvalue weighted by atomic mass is 10.0. The molecule has 0 unspecified atom stereocenters. The minimum Gasteiger partial charge on any atom is -0.490 e. The van der Waals surface area contributed by atoms with E-state index in [-0.39, 0.29) is 18.4 Å². The highest BCUT2D eigenvalue weighted by Gasteiger charge is 2.32. The third-order valence-corrected chi connectivity index (χ3v) is 5.52. The van der Waals surface area contributed by atoms with Crippen molar-refractivity contribution in [2.45, 2.75) is 39.2 Å². The van der Waals surface area contributed by atoms with Gasteiger partial charge in [0.15, 0.2) is 0 Å². The van der Waals surface area contributed by atoms with E-state index in [2.05, 4.69) is 6.07 Å². The van der Waals surface area contributed by atoms with Gasteiger partial charge < -0.3 is 9.84 Å². The molecule has 3 rings (SSSR count). The molecule has 2 aliphatic heterocycles. The Morgan fingerprint density at radius 2 is 2.28 bits per heavy atom. The molecule has 7 heteroatoms. The van der Waals surface area contributed by atoms with Crippen LogP contribution in [-0.2, 0) is 16.0 Å². The summed E-state index contributed by atoms with van der Waals surface area (Å²) >= 11 is 6.54. The molecule has 0 aromatic heterocycles. The van der Waals surface area contributed by atoms with Crippen molar-refractivity contribution in [3.8, 4) is 5.75 Å². The summed E-state index contributed by atoms with van der Waals surface area (Å²) in [5, 5.41) is 8.72. The van der Waals surface area contributed by atoms with Crippen LogP contribution in [0.4, 0.5) is 0 Å². The van der Waals surface area contributed by atoms with Crippen LogP contribution in [0, 0.1) is 6.92 Å². The standard InChI is InChI=1S/C18H19NO4S2/c1-10-6-12(8-13-7-11(2)23-16(10)13)9-14-17(22)19(18(24)25-14)5-3-4-15(20)21/h6,8-9,11H,3-5,7H2,1-2H3,(H,20,21)/b14-9-/t11-/m0/s1. The minimum atomic E-state index is -0.869. The van der Waals surface area contributed by atoms with E-state index in [0.29, 0.717) is 22.2 Å². The fourth-order valence-corrected chi connectivity index (χ4v) is 4.37. The summed E-state index contributed by atoms with van der Waals surface area (Å²) < 4.78 is 6.29. The maximum absolute atomic E-state index is 12.5. The maximum atomic E-state index is 12.5. The summed E-state index contributed by atoms with van der Waals surface area (Å²) in [5.41, 5.74) is 3.18. The van der Waals surface area contributed by atoms with Crippen molar-refractivity contribution in [2.75, 3.05) is 6.54 Å². The van der Waals surface area contributed by atoms with Gasteiger partial charge in [0.1, 0.15) is 16.2 Å². The van der Waals surface area contributed by atoms with Gasteiger partial charge in [0, 0.05) is 19.4 Å². The van der Waals surface area contributed by atoms with Gasteiger partial charge in [0.25, 0.3) is 5.91 Å². The van der Waals surface area contributed by atoms with Crippen LogP contribution in [0.3, 0.4) is 0 Å². The summed E-state index contributed by atoms with van der Waals surface area (Å²) in [6.07, 6.45) is 3.32. The zero-order valence-electron chi connectivity index (χ0n) is 14.1. The number of ether oxygens (including phenoxy) is 1. The van der Waals surface area contributed by atoms with Crippen molar-refractivity contribution < 1.29 is 19.4 Å². The fourth-order valence-electron chi connectivity index (χ4n) is 3.07. The number of carbonyl (C=O) groups is 2. The van der Waals surface area contributed by atoms with Crippen LogP contribution in [-0.4, -0.2) is 38.9 Å². The largest absolute Gasteiger partial charge is 0.490 e. The van der Waals surface area contributed by atoms with E-state index in [4.69, 9.17) is 22.1 Å². The van der Waals surface area contributed by atoms with Gasteiger partial charge >= 0.3 is 5.97 Å². The zero-order chi connectivity index (χ0) is 18.1. The highest BCUT2D eigenvalue weighted by atomic mass is 32.2. The van der Waals surface area contributed by atoms with Gasteiger partial charge in [0.2, 0.25) is 0 Å². The number of thiocarbonyl (C=S) groups is 1. The van der Waals surface area contributed by atoms with Crippen LogP contribution in [0.15, 0.2) is 17.0 Å². The number of hydrogen-bond donors (Lipinski definition) is 1. The van der Waals surface area contributed by atoms with Crippen molar-refractivity contribution in [1.29, 1.82) is 0 Å². The first kappa shape index (κ1) is 17.9. The Bertz CT molecular complexity index is 788. The third kappa shape index (κ3) is 3.88. The molecule has 0 saturated carbocycles. The molecule has 0 aliphatic carbocycles. The summed E-state index contributed by atoms with van der Waals surface area (Å²) in [4.78, 5) is 25.2. The molecule has 1 fully saturated rings. The van der Waals surface area contributed by atoms with Crippen LogP contribution in [0.1, 0.15) is 36.5 Å². The van der Waals surface area contributed by atoms with Crippen LogP contribution in [0.5, 0.6) is 5.75 Å². The topological polar surface area (TPSA) is 66.8 Å². The summed E-state index contributed by atoms with van der Waals surface area (Å²) in [6, 6.07) is 4.07. The molecule has 1 aromatic carbocycles. The number of thioether (sulfide) groups is 1. The van der Waals surface area contributed by atoms with E-state index < -0.39 is 5.97 Å². The van der Waals surface area contributed by atoms with Crippen LogP contribution < -0.4 is 4.74 Å². The normalized spacial score (nSPS) is 21.0. The lowest BCUT2D eigenvalue weighted by molar-refractivity contribution is -0.137. The van der Waals surface area contributed by atoms with Crippen molar-refractivity contribution in [1.82, 2.24) is 4.90 Å². The van der Waals surface area contributed by atoms with Gasteiger partial charge in [0.05, 0.1) is 4.91 Å². The molecular weight excluding hydrogens is 358 g/mol. The Morgan fingerprint density at radius 3 is 3.00 bits per heavy atom. The molecule has 25 heavy (non-hydrogen) atoms. The summed E-state index contributed by atoms with van der Waals surface area (Å²) in [7, 11) is 0. The molecule has 2 heterocycles. The quantitative estimate of drug-likeness (QED) is 0.627. The van der Waals surface area contributed by atoms with Crippen molar-refractivity contribution in [2.24, 2.45) is 0 Å². The van der Waals surface area contributed by atoms with E-state index in [1.165, 1.54) is 16.7 Å². The Hall–Kier alpha value is -1.86. The Balaban J connectivity index is 1.77. The average molecular weight is 377 g/mol. The predicted octanol–water partition coefficient (Wildman–Crippen LogP) is 3.38. The lowest BCUT2D eigenvalue weighted by Crippen LogP contribution is -2.29. The van der Waals surface area contributed by atoms with Gasteiger partial charge in [-0.15, -0.1) is 0 Å². The SMILES string of the molecule is Cc1cc(/C=C2\SC(=S)N(CCCC(=O)O)C2=O)cc2c1O[C@@H](C)C2. The smallest absolute Gasteiger partial charge is 0.303 e. The summed E-state index contributed by atoms with van der Waals surface area (Å²) in [6.45, 7) is 4.38. The molecule has 1 N–H and O–H groups in total. The summed E-state index contributed by atoms with van der Waals surface area (Å²) in [5.74, 6) is -0.0694. The number of benzene rings is 1. The lowest BCUT2D eigenvalue weighted by Gasteiger charge is -2.13. The zero-order valence-corrected chi connectivity index (χ0v) is 15.7. The molecule has 1 saturated heterocycles. The molecule has 1 atom stereocenters. The van der Waals surface area contributed by atoms with E-state index in [1.54, 1.807) is 0 Å². The molecule has 5 nitrogen and oxygen atoms in total. The van der Waals surface area contributed by atoms with Gasteiger partial charge in [-0.2, -0.15) is 0 Å². The predicted molar refractivity (Wildman–Crippen MR) is 102 cm³/mol. The van der Waals surface area contributed by atoms with Crippen molar-refractivity contribution in [3.05, 3.63) is 33.7 Å². The molecule has 1 amide bonds. The molecule has 1 aromatic rings. The monoisotopic (exact) mass is 377 g/mol. The number of aryl methyl sites for hydroxylation is 1. The second kappa shape index (κ2) is 7.17. The van der Waals surface area contributed by atoms with E-state index in [0.717, 1.165) is 28.9 Å². The van der Waals surface area contributed by atoms with E-state index in [1.807, 2.05) is 26.0 Å². The van der Waals surface area contributed by atoms with Gasteiger partial charge in [-0.05, 0) is 55.2 Å². The van der Waals surface area contributed by atoms with Crippen LogP contribution in [0.25, 0.3) is 6.08 Å². The molecule has 0 bridgehead atoms. The first-order valence-corrected chi connectivity index (χ1v) is 9.35. The first-order chi connectivity index (χ1) is 11.8. The molecule has 0 radical (unpaired) electrons. The fraction of sp³-hybridized carbons (Fsp3) is 0.389. The number of amides is 1. The number of carbonyl (C=O) groups excluding carboxylic acids is 1. The number of fused-ring (bicyclic) bond motifs is 1. The van der Waals surface area contributed by atoms with Crippen LogP contribution >= 0.6 is 24.0 Å². The Morgan fingerprint density at radius 1 is 1.52 bits per heavy atom.